The number of ether oxygens (including phenoxy) is 1. The fourth-order valence-corrected chi connectivity index (χ4v) is 4.45. The van der Waals surface area contributed by atoms with Crippen molar-refractivity contribution in [2.45, 2.75) is 39.3 Å². The average Bonchev–Trinajstić information content (AvgIpc) is 3.25. The van der Waals surface area contributed by atoms with E-state index in [1.807, 2.05) is 6.07 Å². The van der Waals surface area contributed by atoms with E-state index in [1.165, 1.54) is 21.3 Å². The van der Waals surface area contributed by atoms with Crippen LogP contribution in [0.15, 0.2) is 77.9 Å². The highest BCUT2D eigenvalue weighted by atomic mass is 16.6. The maximum atomic E-state index is 13.7. The van der Waals surface area contributed by atoms with Crippen molar-refractivity contribution >= 4 is 34.2 Å². The van der Waals surface area contributed by atoms with Gasteiger partial charge in [-0.2, -0.15) is 0 Å². The SMILES string of the molecule is CC(NC(=O)c1c(NC(=O)OC(C)(C)C)nn2cccnc12)c1cc2cccc(O)c2c(=O)n1-c1ccccc1. The van der Waals surface area contributed by atoms with E-state index in [4.69, 9.17) is 4.74 Å². The predicted octanol–water partition coefficient (Wildman–Crippen LogP) is 4.58. The zero-order valence-corrected chi connectivity index (χ0v) is 22.4. The summed E-state index contributed by atoms with van der Waals surface area (Å²) in [6, 6.07) is 16.5. The van der Waals surface area contributed by atoms with Crippen LogP contribution >= 0.6 is 0 Å². The molecule has 3 heterocycles. The lowest BCUT2D eigenvalue weighted by Crippen LogP contribution is -2.33. The molecule has 1 atom stereocenters. The molecular formula is C29H28N6O5. The Balaban J connectivity index is 1.57. The van der Waals surface area contributed by atoms with Crippen LogP contribution in [0.4, 0.5) is 10.6 Å². The second-order valence-corrected chi connectivity index (χ2v) is 10.2. The Morgan fingerprint density at radius 3 is 2.52 bits per heavy atom. The summed E-state index contributed by atoms with van der Waals surface area (Å²) in [7, 11) is 0. The second kappa shape index (κ2) is 10.2. The molecule has 5 aromatic rings. The number of aromatic nitrogens is 4. The summed E-state index contributed by atoms with van der Waals surface area (Å²) in [5, 5.41) is 20.9. The summed E-state index contributed by atoms with van der Waals surface area (Å²) in [5.41, 5.74) is 0.118. The second-order valence-electron chi connectivity index (χ2n) is 10.2. The molecule has 0 radical (unpaired) electrons. The molecule has 0 bridgehead atoms. The summed E-state index contributed by atoms with van der Waals surface area (Å²) >= 11 is 0. The van der Waals surface area contributed by atoms with Gasteiger partial charge in [0.25, 0.3) is 11.5 Å². The van der Waals surface area contributed by atoms with Gasteiger partial charge in [0, 0.05) is 23.8 Å². The van der Waals surface area contributed by atoms with Gasteiger partial charge >= 0.3 is 6.09 Å². The number of phenols is 1. The van der Waals surface area contributed by atoms with Gasteiger partial charge < -0.3 is 15.2 Å². The minimum Gasteiger partial charge on any atom is -0.507 e. The van der Waals surface area contributed by atoms with E-state index in [0.29, 0.717) is 16.8 Å². The first-order chi connectivity index (χ1) is 19.0. The van der Waals surface area contributed by atoms with Gasteiger partial charge in [-0.3, -0.25) is 19.5 Å². The highest BCUT2D eigenvalue weighted by molar-refractivity contribution is 6.07. The first-order valence-corrected chi connectivity index (χ1v) is 12.6. The van der Waals surface area contributed by atoms with Gasteiger partial charge in [-0.25, -0.2) is 14.3 Å². The van der Waals surface area contributed by atoms with Gasteiger partial charge in [-0.1, -0.05) is 30.3 Å². The normalized spacial score (nSPS) is 12.3. The lowest BCUT2D eigenvalue weighted by molar-refractivity contribution is 0.0635. The van der Waals surface area contributed by atoms with Crippen molar-refractivity contribution in [2.75, 3.05) is 5.32 Å². The van der Waals surface area contributed by atoms with Crippen LogP contribution in [0.25, 0.3) is 22.1 Å². The minimum absolute atomic E-state index is 0.0264. The molecule has 3 aromatic heterocycles. The van der Waals surface area contributed by atoms with Crippen LogP contribution in [0.3, 0.4) is 0 Å². The van der Waals surface area contributed by atoms with Crippen molar-refractivity contribution in [2.24, 2.45) is 0 Å². The third-order valence-electron chi connectivity index (χ3n) is 6.10. The topological polar surface area (TPSA) is 140 Å². The molecule has 0 fully saturated rings. The first-order valence-electron chi connectivity index (χ1n) is 12.6. The lowest BCUT2D eigenvalue weighted by Gasteiger charge is -2.21. The van der Waals surface area contributed by atoms with Crippen LogP contribution in [0, 0.1) is 0 Å². The summed E-state index contributed by atoms with van der Waals surface area (Å²) in [6.07, 6.45) is 2.34. The number of pyridine rings is 1. The molecule has 0 saturated carbocycles. The summed E-state index contributed by atoms with van der Waals surface area (Å²) in [5.74, 6) is -0.734. The molecule has 0 spiro atoms. The number of nitrogens with zero attached hydrogens (tertiary/aromatic N) is 4. The number of carbonyl (C=O) groups is 2. The maximum Gasteiger partial charge on any atom is 0.413 e. The van der Waals surface area contributed by atoms with Crippen molar-refractivity contribution in [1.82, 2.24) is 24.5 Å². The molecule has 0 aliphatic carbocycles. The minimum atomic E-state index is -0.773. The Bertz CT molecular complexity index is 1800. The fraction of sp³-hybridized carbons (Fsp3) is 0.207. The number of amides is 2. The van der Waals surface area contributed by atoms with Crippen molar-refractivity contribution in [3.63, 3.8) is 0 Å². The molecule has 2 aromatic carbocycles. The van der Waals surface area contributed by atoms with Crippen LogP contribution < -0.4 is 16.2 Å². The van der Waals surface area contributed by atoms with Gasteiger partial charge in [0.2, 0.25) is 0 Å². The maximum absolute atomic E-state index is 13.7. The monoisotopic (exact) mass is 540 g/mol. The number of para-hydroxylation sites is 1. The molecular weight excluding hydrogens is 512 g/mol. The molecule has 0 aliphatic rings. The fourth-order valence-electron chi connectivity index (χ4n) is 4.45. The van der Waals surface area contributed by atoms with Crippen LogP contribution in [0.2, 0.25) is 0 Å². The zero-order chi connectivity index (χ0) is 28.6. The van der Waals surface area contributed by atoms with E-state index in [0.717, 1.165) is 0 Å². The molecule has 2 amide bonds. The molecule has 1 unspecified atom stereocenters. The quantitative estimate of drug-likeness (QED) is 0.296. The van der Waals surface area contributed by atoms with Crippen molar-refractivity contribution in [3.8, 4) is 11.4 Å². The number of fused-ring (bicyclic) bond motifs is 2. The van der Waals surface area contributed by atoms with E-state index in [-0.39, 0.29) is 28.2 Å². The van der Waals surface area contributed by atoms with Crippen LogP contribution in [0.5, 0.6) is 5.75 Å². The molecule has 3 N–H and O–H groups in total. The van der Waals surface area contributed by atoms with Crippen molar-refractivity contribution < 1.29 is 19.4 Å². The number of hydrogen-bond donors (Lipinski definition) is 3. The third-order valence-corrected chi connectivity index (χ3v) is 6.10. The highest BCUT2D eigenvalue weighted by Crippen LogP contribution is 2.27. The van der Waals surface area contributed by atoms with Gasteiger partial charge in [0.1, 0.15) is 16.9 Å². The number of nitrogens with one attached hydrogen (secondary N) is 2. The molecule has 40 heavy (non-hydrogen) atoms. The molecule has 204 valence electrons. The van der Waals surface area contributed by atoms with Gasteiger partial charge in [0.05, 0.1) is 11.4 Å². The number of hydrogen-bond acceptors (Lipinski definition) is 7. The summed E-state index contributed by atoms with van der Waals surface area (Å²) in [4.78, 5) is 44.2. The largest absolute Gasteiger partial charge is 0.507 e. The van der Waals surface area contributed by atoms with E-state index in [2.05, 4.69) is 20.7 Å². The van der Waals surface area contributed by atoms with Gasteiger partial charge in [-0.05, 0) is 63.4 Å². The number of aromatic hydroxyl groups is 1. The standard InChI is InChI=1S/C29H28N6O5/c1-17(20-16-18-10-8-13-21(36)22(18)27(38)35(20)19-11-6-5-7-12-19)31-26(37)23-24(32-28(39)40-29(2,3)4)33-34-15-9-14-30-25(23)34/h5-17,36H,1-4H3,(H,31,37)(H,32,33,39). The lowest BCUT2D eigenvalue weighted by atomic mass is 10.1. The number of rotatable bonds is 5. The number of benzene rings is 2. The Labute approximate surface area is 229 Å². The Kier molecular flexibility index (Phi) is 6.72. The number of carbonyl (C=O) groups excluding carboxylic acids is 2. The van der Waals surface area contributed by atoms with E-state index < -0.39 is 29.2 Å². The van der Waals surface area contributed by atoms with E-state index >= 15 is 0 Å². The highest BCUT2D eigenvalue weighted by Gasteiger charge is 2.27. The van der Waals surface area contributed by atoms with E-state index in [9.17, 15) is 19.5 Å². The number of anilines is 1. The zero-order valence-electron chi connectivity index (χ0n) is 22.4. The van der Waals surface area contributed by atoms with Crippen LogP contribution in [0.1, 0.15) is 49.8 Å². The third kappa shape index (κ3) is 5.08. The first kappa shape index (κ1) is 26.4. The van der Waals surface area contributed by atoms with Crippen molar-refractivity contribution in [3.05, 3.63) is 94.7 Å². The Hall–Kier alpha value is -5.19. The smallest absolute Gasteiger partial charge is 0.413 e. The predicted molar refractivity (Wildman–Crippen MR) is 150 cm³/mol. The average molecular weight is 541 g/mol. The summed E-state index contributed by atoms with van der Waals surface area (Å²) < 4.78 is 8.18. The molecule has 0 aliphatic heterocycles. The van der Waals surface area contributed by atoms with E-state index in [1.54, 1.807) is 82.4 Å². The molecule has 11 nitrogen and oxygen atoms in total. The molecule has 5 rings (SSSR count). The van der Waals surface area contributed by atoms with Crippen LogP contribution in [-0.2, 0) is 4.74 Å². The van der Waals surface area contributed by atoms with Crippen LogP contribution in [-0.4, -0.2) is 41.9 Å². The molecule has 11 heteroatoms. The Morgan fingerprint density at radius 1 is 1.05 bits per heavy atom. The number of phenolic OH excluding ortho intramolecular Hbond substituents is 1. The summed E-state index contributed by atoms with van der Waals surface area (Å²) in [6.45, 7) is 6.91. The van der Waals surface area contributed by atoms with Gasteiger partial charge in [-0.15, -0.1) is 5.10 Å². The Morgan fingerprint density at radius 2 is 1.80 bits per heavy atom. The van der Waals surface area contributed by atoms with Gasteiger partial charge in [0.15, 0.2) is 11.5 Å². The molecule has 0 saturated heterocycles. The van der Waals surface area contributed by atoms with Crippen molar-refractivity contribution in [1.29, 1.82) is 0 Å².